The van der Waals surface area contributed by atoms with Crippen molar-refractivity contribution in [2.24, 2.45) is 0 Å². The Bertz CT molecular complexity index is 1570. The van der Waals surface area contributed by atoms with Gasteiger partial charge in [0.1, 0.15) is 6.54 Å². The lowest BCUT2D eigenvalue weighted by Gasteiger charge is -2.09. The molecule has 1 N–H and O–H groups in total. The van der Waals surface area contributed by atoms with Crippen LogP contribution in [-0.4, -0.2) is 19.9 Å². The molecule has 0 aliphatic rings. The lowest BCUT2D eigenvalue weighted by atomic mass is 10.1. The third-order valence-corrected chi connectivity index (χ3v) is 5.83. The van der Waals surface area contributed by atoms with Crippen LogP contribution in [0.5, 0.6) is 0 Å². The van der Waals surface area contributed by atoms with Crippen molar-refractivity contribution in [2.75, 3.05) is 5.32 Å². The Kier molecular flexibility index (Phi) is 5.44. The Balaban J connectivity index is 1.62. The van der Waals surface area contributed by atoms with E-state index < -0.39 is 0 Å². The molecule has 0 aliphatic heterocycles. The SMILES string of the molecule is CCc1cccc(NC(=O)Cn2c3ccccc3n3c(=O)cc(-c4cccc(Cl)c4)nc23)c1. The number of nitrogens with one attached hydrogen (secondary N) is 1. The first-order chi connectivity index (χ1) is 16.0. The van der Waals surface area contributed by atoms with Gasteiger partial charge in [-0.2, -0.15) is 0 Å². The maximum absolute atomic E-state index is 13.1. The first kappa shape index (κ1) is 21.0. The summed E-state index contributed by atoms with van der Waals surface area (Å²) in [7, 11) is 0. The van der Waals surface area contributed by atoms with E-state index in [1.54, 1.807) is 16.7 Å². The van der Waals surface area contributed by atoms with Crippen molar-refractivity contribution in [3.8, 4) is 11.3 Å². The molecule has 164 valence electrons. The summed E-state index contributed by atoms with van der Waals surface area (Å²) < 4.78 is 3.30. The molecule has 0 saturated carbocycles. The number of anilines is 1. The van der Waals surface area contributed by atoms with Crippen LogP contribution in [0, 0.1) is 0 Å². The summed E-state index contributed by atoms with van der Waals surface area (Å²) in [6.45, 7) is 2.08. The van der Waals surface area contributed by atoms with Crippen LogP contribution in [0.3, 0.4) is 0 Å². The maximum atomic E-state index is 13.1. The Morgan fingerprint density at radius 1 is 0.970 bits per heavy atom. The van der Waals surface area contributed by atoms with Crippen molar-refractivity contribution >= 4 is 40.0 Å². The number of nitrogens with zero attached hydrogens (tertiary/aromatic N) is 3. The summed E-state index contributed by atoms with van der Waals surface area (Å²) in [5.41, 5.74) is 4.35. The summed E-state index contributed by atoms with van der Waals surface area (Å²) in [4.78, 5) is 30.9. The van der Waals surface area contributed by atoms with Crippen LogP contribution in [0.15, 0.2) is 83.7 Å². The first-order valence-electron chi connectivity index (χ1n) is 10.7. The smallest absolute Gasteiger partial charge is 0.260 e. The Labute approximate surface area is 195 Å². The van der Waals surface area contributed by atoms with Gasteiger partial charge in [0, 0.05) is 22.3 Å². The summed E-state index contributed by atoms with van der Waals surface area (Å²) >= 11 is 6.15. The van der Waals surface area contributed by atoms with Crippen LogP contribution in [-0.2, 0) is 17.8 Å². The molecule has 2 heterocycles. The van der Waals surface area contributed by atoms with Crippen molar-refractivity contribution in [3.63, 3.8) is 0 Å². The second-order valence-electron chi connectivity index (χ2n) is 7.80. The second-order valence-corrected chi connectivity index (χ2v) is 8.24. The van der Waals surface area contributed by atoms with E-state index in [0.717, 1.165) is 28.8 Å². The van der Waals surface area contributed by atoms with Gasteiger partial charge in [0.05, 0.1) is 16.7 Å². The summed E-state index contributed by atoms with van der Waals surface area (Å²) in [6, 6.07) is 23.9. The fraction of sp³-hybridized carbons (Fsp3) is 0.115. The maximum Gasteiger partial charge on any atom is 0.260 e. The Morgan fingerprint density at radius 3 is 2.55 bits per heavy atom. The molecule has 0 spiro atoms. The standard InChI is InChI=1S/C26H21ClN4O2/c1-2-17-7-5-10-20(13-17)28-24(32)16-30-22-11-3-4-12-23(22)31-25(33)15-21(29-26(30)31)18-8-6-9-19(27)14-18/h3-15H,2,16H2,1H3,(H,28,32). The quantitative estimate of drug-likeness (QED) is 0.396. The summed E-state index contributed by atoms with van der Waals surface area (Å²) in [5, 5.41) is 3.52. The minimum atomic E-state index is -0.221. The number of carbonyl (C=O) groups excluding carboxylic acids is 1. The number of benzene rings is 3. The lowest BCUT2D eigenvalue weighted by Crippen LogP contribution is -2.20. The van der Waals surface area contributed by atoms with Gasteiger partial charge >= 0.3 is 0 Å². The van der Waals surface area contributed by atoms with Crippen molar-refractivity contribution in [1.82, 2.24) is 14.0 Å². The van der Waals surface area contributed by atoms with Crippen molar-refractivity contribution in [1.29, 1.82) is 0 Å². The van der Waals surface area contributed by atoms with Gasteiger partial charge < -0.3 is 9.88 Å². The number of carbonyl (C=O) groups is 1. The van der Waals surface area contributed by atoms with Gasteiger partial charge in [-0.1, -0.05) is 54.9 Å². The number of aromatic nitrogens is 3. The molecule has 5 aromatic rings. The molecule has 0 bridgehead atoms. The number of aryl methyl sites for hydroxylation is 1. The van der Waals surface area contributed by atoms with Crippen LogP contribution in [0.4, 0.5) is 5.69 Å². The van der Waals surface area contributed by atoms with Gasteiger partial charge in [-0.3, -0.25) is 9.59 Å². The fourth-order valence-corrected chi connectivity index (χ4v) is 4.22. The molecule has 6 nitrogen and oxygen atoms in total. The highest BCUT2D eigenvalue weighted by Crippen LogP contribution is 2.24. The fourth-order valence-electron chi connectivity index (χ4n) is 4.03. The molecular formula is C26H21ClN4O2. The van der Waals surface area contributed by atoms with E-state index in [2.05, 4.69) is 12.2 Å². The average Bonchev–Trinajstić information content (AvgIpc) is 3.13. The van der Waals surface area contributed by atoms with E-state index in [4.69, 9.17) is 16.6 Å². The minimum Gasteiger partial charge on any atom is -0.325 e. The molecule has 0 unspecified atom stereocenters. The highest BCUT2D eigenvalue weighted by Gasteiger charge is 2.17. The molecule has 33 heavy (non-hydrogen) atoms. The number of imidazole rings is 1. The molecule has 0 fully saturated rings. The molecule has 7 heteroatoms. The van der Waals surface area contributed by atoms with E-state index in [1.807, 2.05) is 60.7 Å². The molecule has 5 rings (SSSR count). The third-order valence-electron chi connectivity index (χ3n) is 5.60. The summed E-state index contributed by atoms with van der Waals surface area (Å²) in [6.07, 6.45) is 0.885. The number of rotatable bonds is 5. The molecule has 0 aliphatic carbocycles. The zero-order chi connectivity index (χ0) is 22.9. The van der Waals surface area contributed by atoms with E-state index in [1.165, 1.54) is 10.5 Å². The zero-order valence-electron chi connectivity index (χ0n) is 18.0. The molecule has 0 atom stereocenters. The number of hydrogen-bond acceptors (Lipinski definition) is 3. The summed E-state index contributed by atoms with van der Waals surface area (Å²) in [5.74, 6) is 0.199. The molecule has 0 radical (unpaired) electrons. The van der Waals surface area contributed by atoms with Crippen molar-refractivity contribution in [2.45, 2.75) is 19.9 Å². The number of halogens is 1. The number of para-hydroxylation sites is 2. The highest BCUT2D eigenvalue weighted by atomic mass is 35.5. The van der Waals surface area contributed by atoms with Crippen LogP contribution in [0.1, 0.15) is 12.5 Å². The van der Waals surface area contributed by atoms with Crippen LogP contribution in [0.25, 0.3) is 28.1 Å². The predicted octanol–water partition coefficient (Wildman–Crippen LogP) is 5.17. The third kappa shape index (κ3) is 4.01. The zero-order valence-corrected chi connectivity index (χ0v) is 18.7. The topological polar surface area (TPSA) is 68.4 Å². The largest absolute Gasteiger partial charge is 0.325 e. The van der Waals surface area contributed by atoms with Gasteiger partial charge in [-0.15, -0.1) is 0 Å². The minimum absolute atomic E-state index is 0.0127. The van der Waals surface area contributed by atoms with Crippen LogP contribution < -0.4 is 10.9 Å². The molecule has 3 aromatic carbocycles. The molecule has 1 amide bonds. The Morgan fingerprint density at radius 2 is 1.76 bits per heavy atom. The molecule has 2 aromatic heterocycles. The van der Waals surface area contributed by atoms with Crippen LogP contribution >= 0.6 is 11.6 Å². The second kappa shape index (κ2) is 8.56. The molecular weight excluding hydrogens is 436 g/mol. The monoisotopic (exact) mass is 456 g/mol. The number of amides is 1. The predicted molar refractivity (Wildman–Crippen MR) is 132 cm³/mol. The highest BCUT2D eigenvalue weighted by molar-refractivity contribution is 6.30. The normalized spacial score (nSPS) is 11.2. The van der Waals surface area contributed by atoms with Crippen molar-refractivity contribution in [3.05, 3.63) is 99.8 Å². The Hall–Kier alpha value is -3.90. The van der Waals surface area contributed by atoms with Gasteiger partial charge in [-0.05, 0) is 48.4 Å². The molecule has 0 saturated heterocycles. The van der Waals surface area contributed by atoms with Crippen molar-refractivity contribution < 1.29 is 4.79 Å². The average molecular weight is 457 g/mol. The van der Waals surface area contributed by atoms with E-state index in [-0.39, 0.29) is 18.0 Å². The van der Waals surface area contributed by atoms with E-state index >= 15 is 0 Å². The van der Waals surface area contributed by atoms with Crippen LogP contribution in [0.2, 0.25) is 5.02 Å². The van der Waals surface area contributed by atoms with E-state index in [9.17, 15) is 9.59 Å². The van der Waals surface area contributed by atoms with E-state index in [0.29, 0.717) is 22.0 Å². The van der Waals surface area contributed by atoms with Gasteiger partial charge in [-0.25, -0.2) is 9.38 Å². The first-order valence-corrected chi connectivity index (χ1v) is 11.1. The lowest BCUT2D eigenvalue weighted by molar-refractivity contribution is -0.116. The van der Waals surface area contributed by atoms with Gasteiger partial charge in [0.25, 0.3) is 5.56 Å². The van der Waals surface area contributed by atoms with Gasteiger partial charge in [0.2, 0.25) is 11.7 Å². The number of fused-ring (bicyclic) bond motifs is 3. The number of hydrogen-bond donors (Lipinski definition) is 1. The van der Waals surface area contributed by atoms with Gasteiger partial charge in [0.15, 0.2) is 0 Å².